The predicted molar refractivity (Wildman–Crippen MR) is 34.5 cm³/mol. The third-order valence-electron chi connectivity index (χ3n) is 0.671. The van der Waals surface area contributed by atoms with Gasteiger partial charge in [-0.1, -0.05) is 7.43 Å². The van der Waals surface area contributed by atoms with E-state index >= 15 is 0 Å². The maximum absolute atomic E-state index is 10.1. The third kappa shape index (κ3) is 3.45. The van der Waals surface area contributed by atoms with E-state index in [-0.39, 0.29) is 7.43 Å². The normalized spacial score (nSPS) is 12.4. The zero-order valence-electron chi connectivity index (χ0n) is 5.08. The smallest absolute Gasteiger partial charge is 0.253 e. The highest BCUT2D eigenvalue weighted by Crippen LogP contribution is 1.96. The van der Waals surface area contributed by atoms with Crippen molar-refractivity contribution in [2.45, 2.75) is 7.43 Å². The topological polar surface area (TPSA) is 57.2 Å². The van der Waals surface area contributed by atoms with Crippen molar-refractivity contribution in [1.29, 1.82) is 0 Å². The summed E-state index contributed by atoms with van der Waals surface area (Å²) >= 11 is 0. The van der Waals surface area contributed by atoms with Gasteiger partial charge in [0.05, 0.1) is 21.1 Å². The van der Waals surface area contributed by atoms with Gasteiger partial charge in [-0.3, -0.25) is 0 Å². The van der Waals surface area contributed by atoms with Crippen molar-refractivity contribution in [3.63, 3.8) is 0 Å². The molecule has 0 spiro atoms. The molecule has 0 saturated carbocycles. The largest absolute Gasteiger partial charge is 0.702 e. The Balaban J connectivity index is 0. The first-order chi connectivity index (χ1) is 3.25. The fourth-order valence-electron chi connectivity index (χ4n) is 0. The lowest BCUT2D eigenvalue weighted by Crippen LogP contribution is -2.40. The zero-order chi connectivity index (χ0) is 7.00. The minimum absolute atomic E-state index is 0. The molecule has 5 heteroatoms. The molecule has 0 unspecified atom stereocenters. The molecule has 0 bridgehead atoms. The molecule has 0 rings (SSSR count). The second kappa shape index (κ2) is 2.64. The van der Waals surface area contributed by atoms with Gasteiger partial charge < -0.3 is 4.55 Å². The first kappa shape index (κ1) is 11.6. The van der Waals surface area contributed by atoms with Crippen LogP contribution < -0.4 is 0 Å². The molecule has 0 aliphatic rings. The van der Waals surface area contributed by atoms with E-state index in [1.807, 2.05) is 0 Å². The van der Waals surface area contributed by atoms with E-state index in [1.54, 1.807) is 0 Å². The molecule has 0 saturated heterocycles. The van der Waals surface area contributed by atoms with Crippen LogP contribution in [0.1, 0.15) is 7.43 Å². The second-order valence-corrected chi connectivity index (χ2v) is 4.27. The molecular formula is C4H13NO3S. The Kier molecular flexibility index (Phi) is 3.41. The van der Waals surface area contributed by atoms with Gasteiger partial charge in [-0.25, -0.2) is 3.89 Å². The zero-order valence-corrected chi connectivity index (χ0v) is 5.90. The standard InChI is InChI=1S/C3H9NO3S.CH4/c1-4(2,3)8(5,6)7;/h1-3H3;1H4. The fourth-order valence-corrected chi connectivity index (χ4v) is 0. The molecule has 0 fully saturated rings. The summed E-state index contributed by atoms with van der Waals surface area (Å²) in [5.41, 5.74) is 0. The number of nitrogens with zero attached hydrogens (tertiary/aromatic N) is 1. The first-order valence-electron chi connectivity index (χ1n) is 2.02. The van der Waals surface area contributed by atoms with Crippen molar-refractivity contribution in [3.05, 3.63) is 0 Å². The Morgan fingerprint density at radius 2 is 1.33 bits per heavy atom. The Morgan fingerprint density at radius 3 is 1.33 bits per heavy atom. The predicted octanol–water partition coefficient (Wildman–Crippen LogP) is -0.211. The molecule has 0 aromatic heterocycles. The molecule has 0 heterocycles. The average Bonchev–Trinajstić information content (AvgIpc) is 1.25. The molecule has 0 aromatic carbocycles. The molecule has 0 aliphatic heterocycles. The van der Waals surface area contributed by atoms with Gasteiger partial charge in [-0.2, -0.15) is 8.42 Å². The quantitative estimate of drug-likeness (QED) is 0.389. The second-order valence-electron chi connectivity index (χ2n) is 2.32. The van der Waals surface area contributed by atoms with Crippen LogP contribution in [0.3, 0.4) is 0 Å². The number of quaternary nitrogens is 1. The van der Waals surface area contributed by atoms with E-state index in [0.29, 0.717) is 0 Å². The van der Waals surface area contributed by atoms with Gasteiger partial charge in [0, 0.05) is 0 Å². The highest BCUT2D eigenvalue weighted by atomic mass is 32.2. The van der Waals surface area contributed by atoms with Crippen molar-refractivity contribution in [3.8, 4) is 0 Å². The number of hydrogen-bond acceptors (Lipinski definition) is 3. The summed E-state index contributed by atoms with van der Waals surface area (Å²) in [6, 6.07) is 0. The van der Waals surface area contributed by atoms with Gasteiger partial charge in [0.25, 0.3) is 10.3 Å². The lowest BCUT2D eigenvalue weighted by atomic mass is 11.0. The molecule has 4 nitrogen and oxygen atoms in total. The van der Waals surface area contributed by atoms with E-state index in [4.69, 9.17) is 0 Å². The van der Waals surface area contributed by atoms with Crippen LogP contribution in [0.2, 0.25) is 0 Å². The van der Waals surface area contributed by atoms with Gasteiger partial charge in [0.2, 0.25) is 0 Å². The van der Waals surface area contributed by atoms with Crippen LogP contribution in [0.4, 0.5) is 0 Å². The van der Waals surface area contributed by atoms with Crippen LogP contribution in [-0.4, -0.2) is 38.0 Å². The van der Waals surface area contributed by atoms with Crippen molar-refractivity contribution < 1.29 is 16.9 Å². The summed E-state index contributed by atoms with van der Waals surface area (Å²) in [5.74, 6) is 0. The molecular weight excluding hydrogens is 142 g/mol. The number of rotatable bonds is 1. The van der Waals surface area contributed by atoms with Crippen molar-refractivity contribution in [2.24, 2.45) is 0 Å². The minimum atomic E-state index is -4.15. The van der Waals surface area contributed by atoms with E-state index in [1.165, 1.54) is 21.1 Å². The van der Waals surface area contributed by atoms with Crippen LogP contribution in [0.15, 0.2) is 0 Å². The SMILES string of the molecule is C.C[N+](C)(C)S(=O)(=O)[O-]. The van der Waals surface area contributed by atoms with Gasteiger partial charge in [0.15, 0.2) is 0 Å². The van der Waals surface area contributed by atoms with Crippen LogP contribution in [-0.2, 0) is 10.3 Å². The Labute approximate surface area is 56.6 Å². The number of hydrogen-bond donors (Lipinski definition) is 0. The summed E-state index contributed by atoms with van der Waals surface area (Å²) in [7, 11) is -0.229. The molecule has 0 N–H and O–H groups in total. The Bertz CT molecular complexity index is 165. The molecule has 0 radical (unpaired) electrons. The Hall–Kier alpha value is -0.130. The average molecular weight is 155 g/mol. The minimum Gasteiger partial charge on any atom is -0.702 e. The van der Waals surface area contributed by atoms with E-state index in [0.717, 1.165) is 0 Å². The monoisotopic (exact) mass is 155 g/mol. The molecule has 0 atom stereocenters. The summed E-state index contributed by atoms with van der Waals surface area (Å²) in [4.78, 5) is 0. The maximum Gasteiger partial charge on any atom is 0.253 e. The van der Waals surface area contributed by atoms with Crippen LogP contribution in [0, 0.1) is 0 Å². The lowest BCUT2D eigenvalue weighted by molar-refractivity contribution is -0.744. The molecule has 9 heavy (non-hydrogen) atoms. The molecule has 0 amide bonds. The summed E-state index contributed by atoms with van der Waals surface area (Å²) in [5, 5.41) is 0. The highest BCUT2D eigenvalue weighted by Gasteiger charge is 2.14. The van der Waals surface area contributed by atoms with Crippen LogP contribution in [0.5, 0.6) is 0 Å². The molecule has 58 valence electrons. The van der Waals surface area contributed by atoms with Gasteiger partial charge in [-0.15, -0.1) is 0 Å². The van der Waals surface area contributed by atoms with Crippen molar-refractivity contribution >= 4 is 10.3 Å². The maximum atomic E-state index is 10.1. The summed E-state index contributed by atoms with van der Waals surface area (Å²) < 4.78 is 29.6. The highest BCUT2D eigenvalue weighted by molar-refractivity contribution is 7.79. The third-order valence-corrected chi connectivity index (χ3v) is 2.01. The lowest BCUT2D eigenvalue weighted by Gasteiger charge is -2.25. The van der Waals surface area contributed by atoms with E-state index < -0.39 is 14.2 Å². The van der Waals surface area contributed by atoms with Gasteiger partial charge in [-0.05, 0) is 0 Å². The van der Waals surface area contributed by atoms with Gasteiger partial charge in [0.1, 0.15) is 0 Å². The fraction of sp³-hybridized carbons (Fsp3) is 1.00. The van der Waals surface area contributed by atoms with E-state index in [2.05, 4.69) is 0 Å². The van der Waals surface area contributed by atoms with Gasteiger partial charge >= 0.3 is 0 Å². The summed E-state index contributed by atoms with van der Waals surface area (Å²) in [6.45, 7) is 0. The van der Waals surface area contributed by atoms with Crippen LogP contribution >= 0.6 is 0 Å². The van der Waals surface area contributed by atoms with E-state index in [9.17, 15) is 13.0 Å². The van der Waals surface area contributed by atoms with Crippen LogP contribution in [0.25, 0.3) is 0 Å². The summed E-state index contributed by atoms with van der Waals surface area (Å²) in [6.07, 6.45) is 0. The van der Waals surface area contributed by atoms with Crippen molar-refractivity contribution in [2.75, 3.05) is 21.1 Å². The first-order valence-corrected chi connectivity index (χ1v) is 3.39. The van der Waals surface area contributed by atoms with Crippen molar-refractivity contribution in [1.82, 2.24) is 0 Å². The molecule has 0 aliphatic carbocycles. The Morgan fingerprint density at radius 1 is 1.22 bits per heavy atom. The molecule has 0 aromatic rings.